The zero-order valence-corrected chi connectivity index (χ0v) is 17.7. The van der Waals surface area contributed by atoms with Gasteiger partial charge in [0.05, 0.1) is 12.0 Å². The summed E-state index contributed by atoms with van der Waals surface area (Å²) in [7, 11) is -12.8. The van der Waals surface area contributed by atoms with E-state index >= 15 is 0 Å². The Morgan fingerprint density at radius 2 is 1.19 bits per heavy atom. The molecule has 0 aromatic heterocycles. The molecular weight excluding hydrogens is 490 g/mol. The molecule has 0 heterocycles. The normalized spacial score (nSPS) is 13.6. The molecule has 0 aromatic rings. The van der Waals surface area contributed by atoms with Crippen molar-refractivity contribution in [2.24, 2.45) is 11.3 Å². The van der Waals surface area contributed by atoms with Crippen molar-refractivity contribution in [2.45, 2.75) is 44.6 Å². The maximum atomic E-state index is 12.4. The van der Waals surface area contributed by atoms with Crippen molar-refractivity contribution in [3.63, 3.8) is 0 Å². The van der Waals surface area contributed by atoms with Crippen LogP contribution in [0.15, 0.2) is 0 Å². The first kappa shape index (κ1) is 28.9. The van der Waals surface area contributed by atoms with Crippen molar-refractivity contribution >= 4 is 37.8 Å². The maximum Gasteiger partial charge on any atom is 0.516 e. The molecule has 0 bridgehead atoms. The molecular formula is C13H18F6N2O8S2. The molecule has 0 fully saturated rings. The van der Waals surface area contributed by atoms with Crippen molar-refractivity contribution in [1.29, 1.82) is 0 Å². The van der Waals surface area contributed by atoms with Crippen molar-refractivity contribution in [3.05, 3.63) is 0 Å². The number of carbonyl (C=O) groups excluding carboxylic acids is 3. The van der Waals surface area contributed by atoms with Gasteiger partial charge in [-0.2, -0.15) is 43.2 Å². The minimum absolute atomic E-state index is 0.240. The Bertz CT molecular complexity index is 851. The second-order valence-corrected chi connectivity index (χ2v) is 9.89. The molecule has 31 heavy (non-hydrogen) atoms. The molecule has 0 radical (unpaired) electrons. The highest BCUT2D eigenvalue weighted by molar-refractivity contribution is 7.91. The van der Waals surface area contributed by atoms with E-state index in [0.29, 0.717) is 9.44 Å². The number of amides is 2. The molecule has 2 N–H and O–H groups in total. The van der Waals surface area contributed by atoms with Gasteiger partial charge in [-0.3, -0.25) is 14.4 Å². The Kier molecular flexibility index (Phi) is 8.92. The molecule has 0 saturated carbocycles. The van der Waals surface area contributed by atoms with E-state index in [-0.39, 0.29) is 6.42 Å². The lowest BCUT2D eigenvalue weighted by Gasteiger charge is -2.22. The fourth-order valence-corrected chi connectivity index (χ4v) is 2.56. The molecule has 182 valence electrons. The van der Waals surface area contributed by atoms with Gasteiger partial charge in [0.15, 0.2) is 0 Å². The standard InChI is InChI=1S/C13H18F6N2O8S2/c1-4-11(2,3)10(24)29-6-5-7(8(22)20-30(25,26)12(14,15)16)9(23)21-31(27,28)13(17,18)19/h7H,4-6H2,1-3H3,(H,20,22)(H,21,23). The number of rotatable bonds is 9. The number of esters is 1. The summed E-state index contributed by atoms with van der Waals surface area (Å²) in [4.78, 5) is 35.5. The molecule has 0 atom stereocenters. The molecule has 0 aliphatic heterocycles. The average Bonchev–Trinajstić information content (AvgIpc) is 2.55. The Hall–Kier alpha value is -2.11. The van der Waals surface area contributed by atoms with E-state index in [1.54, 1.807) is 6.92 Å². The fourth-order valence-electron chi connectivity index (χ4n) is 1.51. The first-order chi connectivity index (χ1) is 13.6. The lowest BCUT2D eigenvalue weighted by atomic mass is 9.91. The van der Waals surface area contributed by atoms with Crippen molar-refractivity contribution in [2.75, 3.05) is 6.61 Å². The summed E-state index contributed by atoms with van der Waals surface area (Å²) in [5.74, 6) is -8.22. The summed E-state index contributed by atoms with van der Waals surface area (Å²) in [6.07, 6.45) is -0.895. The maximum absolute atomic E-state index is 12.4. The number of carbonyl (C=O) groups is 3. The number of halogens is 6. The van der Waals surface area contributed by atoms with Crippen LogP contribution >= 0.6 is 0 Å². The quantitative estimate of drug-likeness (QED) is 0.265. The average molecular weight is 508 g/mol. The molecule has 0 saturated heterocycles. The number of sulfonamides is 2. The second-order valence-electron chi connectivity index (χ2n) is 6.55. The lowest BCUT2D eigenvalue weighted by Crippen LogP contribution is -2.50. The summed E-state index contributed by atoms with van der Waals surface area (Å²) >= 11 is 0. The zero-order chi connectivity index (χ0) is 25.1. The van der Waals surface area contributed by atoms with Crippen molar-refractivity contribution in [3.8, 4) is 0 Å². The van der Waals surface area contributed by atoms with Crippen LogP contribution in [0.4, 0.5) is 26.3 Å². The largest absolute Gasteiger partial charge is 0.516 e. The highest BCUT2D eigenvalue weighted by atomic mass is 32.2. The van der Waals surface area contributed by atoms with E-state index < -0.39 is 73.2 Å². The van der Waals surface area contributed by atoms with E-state index in [1.807, 2.05) is 0 Å². The van der Waals surface area contributed by atoms with Crippen LogP contribution in [0.3, 0.4) is 0 Å². The van der Waals surface area contributed by atoms with Crippen LogP contribution < -0.4 is 9.44 Å². The second kappa shape index (κ2) is 9.58. The minimum atomic E-state index is -6.38. The van der Waals surface area contributed by atoms with Crippen LogP contribution in [0.25, 0.3) is 0 Å². The molecule has 0 aliphatic rings. The van der Waals surface area contributed by atoms with Crippen LogP contribution in [0.2, 0.25) is 0 Å². The molecule has 0 aliphatic carbocycles. The van der Waals surface area contributed by atoms with Gasteiger partial charge in [0.25, 0.3) is 0 Å². The fraction of sp³-hybridized carbons (Fsp3) is 0.769. The zero-order valence-electron chi connectivity index (χ0n) is 16.0. The first-order valence-electron chi connectivity index (χ1n) is 8.02. The van der Waals surface area contributed by atoms with Crippen LogP contribution in [-0.2, 0) is 39.2 Å². The summed E-state index contributed by atoms with van der Waals surface area (Å²) in [6, 6.07) is 0. The summed E-state index contributed by atoms with van der Waals surface area (Å²) in [6.45, 7) is 3.47. The predicted molar refractivity (Wildman–Crippen MR) is 89.4 cm³/mol. The van der Waals surface area contributed by atoms with Gasteiger partial charge in [0, 0.05) is 6.42 Å². The van der Waals surface area contributed by atoms with E-state index in [2.05, 4.69) is 4.74 Å². The molecule has 0 unspecified atom stereocenters. The van der Waals surface area contributed by atoms with Gasteiger partial charge < -0.3 is 4.74 Å². The highest BCUT2D eigenvalue weighted by Gasteiger charge is 2.50. The lowest BCUT2D eigenvalue weighted by molar-refractivity contribution is -0.155. The monoisotopic (exact) mass is 508 g/mol. The Balaban J connectivity index is 5.70. The Morgan fingerprint density at radius 1 is 0.839 bits per heavy atom. The summed E-state index contributed by atoms with van der Waals surface area (Å²) < 4.78 is 124. The number of ether oxygens (including phenoxy) is 1. The summed E-state index contributed by atoms with van der Waals surface area (Å²) in [5, 5.41) is 0. The number of alkyl halides is 6. The van der Waals surface area contributed by atoms with Crippen LogP contribution in [-0.4, -0.2) is 52.2 Å². The summed E-state index contributed by atoms with van der Waals surface area (Å²) in [5.41, 5.74) is -13.1. The number of hydrogen-bond acceptors (Lipinski definition) is 8. The van der Waals surface area contributed by atoms with Crippen LogP contribution in [0.1, 0.15) is 33.6 Å². The predicted octanol–water partition coefficient (Wildman–Crippen LogP) is 0.904. The Morgan fingerprint density at radius 3 is 1.48 bits per heavy atom. The van der Waals surface area contributed by atoms with E-state index in [9.17, 15) is 57.6 Å². The molecule has 2 amide bonds. The third-order valence-electron chi connectivity index (χ3n) is 3.79. The van der Waals surface area contributed by atoms with Gasteiger partial charge in [0.1, 0.15) is 5.92 Å². The van der Waals surface area contributed by atoms with E-state index in [0.717, 1.165) is 0 Å². The van der Waals surface area contributed by atoms with Gasteiger partial charge in [-0.25, -0.2) is 9.44 Å². The number of hydrogen-bond donors (Lipinski definition) is 2. The van der Waals surface area contributed by atoms with Gasteiger partial charge >= 0.3 is 37.0 Å². The van der Waals surface area contributed by atoms with Crippen LogP contribution in [0.5, 0.6) is 0 Å². The smallest absolute Gasteiger partial charge is 0.465 e. The van der Waals surface area contributed by atoms with Gasteiger partial charge in [-0.1, -0.05) is 6.92 Å². The first-order valence-corrected chi connectivity index (χ1v) is 11.0. The van der Waals surface area contributed by atoms with E-state index in [4.69, 9.17) is 0 Å². The molecule has 10 nitrogen and oxygen atoms in total. The van der Waals surface area contributed by atoms with E-state index in [1.165, 1.54) is 13.8 Å². The molecule has 18 heteroatoms. The number of nitrogens with one attached hydrogen (secondary N) is 2. The highest BCUT2D eigenvalue weighted by Crippen LogP contribution is 2.25. The van der Waals surface area contributed by atoms with Crippen LogP contribution in [0, 0.1) is 11.3 Å². The van der Waals surface area contributed by atoms with Crippen molar-refractivity contribution in [1.82, 2.24) is 9.44 Å². The molecule has 0 spiro atoms. The molecule has 0 rings (SSSR count). The third kappa shape index (κ3) is 7.82. The third-order valence-corrected chi connectivity index (χ3v) is 5.95. The SMILES string of the molecule is CCC(C)(C)C(=O)OCCC(C(=O)NS(=O)(=O)C(F)(F)F)C(=O)NS(=O)(=O)C(F)(F)F. The minimum Gasteiger partial charge on any atom is -0.465 e. The molecule has 0 aromatic carbocycles. The van der Waals surface area contributed by atoms with Gasteiger partial charge in [-0.15, -0.1) is 0 Å². The van der Waals surface area contributed by atoms with Crippen molar-refractivity contribution < 1.29 is 62.3 Å². The van der Waals surface area contributed by atoms with Gasteiger partial charge in [-0.05, 0) is 20.3 Å². The topological polar surface area (TPSA) is 153 Å². The Labute approximate surface area is 172 Å². The van der Waals surface area contributed by atoms with Gasteiger partial charge in [0.2, 0.25) is 11.8 Å².